The molecule has 0 radical (unpaired) electrons. The molecule has 1 aromatic rings. The van der Waals surface area contributed by atoms with Crippen LogP contribution >= 0.6 is 0 Å². The highest BCUT2D eigenvalue weighted by Crippen LogP contribution is 2.16. The molecule has 1 rings (SSSR count). The molecule has 1 aromatic carbocycles. The van der Waals surface area contributed by atoms with E-state index in [1.165, 1.54) is 82.1 Å². The number of Topliss-reactive ketones (excluding diaryl/α,β-unsaturated/α-hetero) is 1. The molecule has 0 aliphatic rings. The van der Waals surface area contributed by atoms with Gasteiger partial charge in [-0.15, -0.1) is 5.11 Å². The third kappa shape index (κ3) is 14.3. The van der Waals surface area contributed by atoms with Crippen molar-refractivity contribution in [2.45, 2.75) is 115 Å². The van der Waals surface area contributed by atoms with Crippen molar-refractivity contribution in [2.24, 2.45) is 10.3 Å². The third-order valence-electron chi connectivity index (χ3n) is 5.85. The molecule has 0 heterocycles. The van der Waals surface area contributed by atoms with Gasteiger partial charge in [-0.3, -0.25) is 14.8 Å². The van der Waals surface area contributed by atoms with Gasteiger partial charge in [-0.1, -0.05) is 89.2 Å². The summed E-state index contributed by atoms with van der Waals surface area (Å²) in [4.78, 5) is 24.5. The van der Waals surface area contributed by atoms with Crippen molar-refractivity contribution in [1.82, 2.24) is 0 Å². The van der Waals surface area contributed by atoms with E-state index in [9.17, 15) is 18.0 Å². The lowest BCUT2D eigenvalue weighted by atomic mass is 10.0. The van der Waals surface area contributed by atoms with Crippen LogP contribution in [0.3, 0.4) is 0 Å². The van der Waals surface area contributed by atoms with Crippen molar-refractivity contribution in [3.8, 4) is 0 Å². The lowest BCUT2D eigenvalue weighted by Gasteiger charge is -2.10. The second-order valence-electron chi connectivity index (χ2n) is 8.94. The molecule has 1 atom stereocenters. The van der Waals surface area contributed by atoms with Gasteiger partial charge in [-0.2, -0.15) is 8.42 Å². The van der Waals surface area contributed by atoms with Gasteiger partial charge in [0.25, 0.3) is 10.1 Å². The van der Waals surface area contributed by atoms with E-state index in [4.69, 9.17) is 9.29 Å². The maximum absolute atomic E-state index is 12.6. The lowest BCUT2D eigenvalue weighted by Crippen LogP contribution is -2.30. The highest BCUT2D eigenvalue weighted by Gasteiger charge is 2.27. The van der Waals surface area contributed by atoms with Crippen molar-refractivity contribution in [3.05, 3.63) is 24.3 Å². The molecule has 0 saturated heterocycles. The van der Waals surface area contributed by atoms with E-state index in [0.717, 1.165) is 19.3 Å². The van der Waals surface area contributed by atoms with Crippen molar-refractivity contribution >= 4 is 27.6 Å². The van der Waals surface area contributed by atoms with Crippen molar-refractivity contribution < 1.29 is 27.3 Å². The van der Waals surface area contributed by atoms with Crippen molar-refractivity contribution in [1.29, 1.82) is 0 Å². The first-order valence-corrected chi connectivity index (χ1v) is 14.7. The number of ether oxygens (including phenoxy) is 1. The van der Waals surface area contributed by atoms with Gasteiger partial charge in [0.2, 0.25) is 6.04 Å². The average Bonchev–Trinajstić information content (AvgIpc) is 2.84. The third-order valence-corrected chi connectivity index (χ3v) is 6.71. The summed E-state index contributed by atoms with van der Waals surface area (Å²) < 4.78 is 36.2. The standard InChI is InChI=1S/C26H43N3O6S/c1-3-5-6-7-8-9-10-11-12-13-14-15-16-17-24(30)25(26(31)35-4-2)28-29-27-22-18-20-23(21-19-22)36(32,33)34/h18-21,25H,3-17H2,1-2H3,(H,27,28)(H,32,33,34). The van der Waals surface area contributed by atoms with Gasteiger partial charge in [0, 0.05) is 6.42 Å². The van der Waals surface area contributed by atoms with E-state index in [0.29, 0.717) is 12.1 Å². The molecule has 36 heavy (non-hydrogen) atoms. The number of carbonyl (C=O) groups is 2. The fourth-order valence-electron chi connectivity index (χ4n) is 3.76. The summed E-state index contributed by atoms with van der Waals surface area (Å²) in [5, 5.41) is 7.52. The number of benzene rings is 1. The summed E-state index contributed by atoms with van der Waals surface area (Å²) in [6.07, 6.45) is 15.9. The van der Waals surface area contributed by atoms with Crippen LogP contribution in [0.1, 0.15) is 104 Å². The minimum atomic E-state index is -4.29. The van der Waals surface area contributed by atoms with E-state index >= 15 is 0 Å². The van der Waals surface area contributed by atoms with Gasteiger partial charge in [0.1, 0.15) is 0 Å². The minimum Gasteiger partial charge on any atom is -0.464 e. The number of anilines is 1. The Kier molecular flexibility index (Phi) is 16.6. The van der Waals surface area contributed by atoms with Gasteiger partial charge in [0.15, 0.2) is 5.78 Å². The summed E-state index contributed by atoms with van der Waals surface area (Å²) in [6, 6.07) is 3.78. The molecule has 0 amide bonds. The Morgan fingerprint density at radius 1 is 0.861 bits per heavy atom. The SMILES string of the molecule is CCCCCCCCCCCCCCCC(=O)C(N=NNc1ccc(S(=O)(=O)O)cc1)C(=O)OCC. The normalized spacial score (nSPS) is 12.5. The maximum Gasteiger partial charge on any atom is 0.340 e. The first-order chi connectivity index (χ1) is 17.3. The average molecular weight is 526 g/mol. The Labute approximate surface area is 216 Å². The molecule has 9 nitrogen and oxygen atoms in total. The van der Waals surface area contributed by atoms with Crippen LogP contribution in [0, 0.1) is 0 Å². The van der Waals surface area contributed by atoms with E-state index < -0.39 is 22.1 Å². The van der Waals surface area contributed by atoms with Gasteiger partial charge < -0.3 is 4.74 Å². The lowest BCUT2D eigenvalue weighted by molar-refractivity contribution is -0.147. The first kappa shape index (κ1) is 31.7. The zero-order chi connectivity index (χ0) is 26.7. The van der Waals surface area contributed by atoms with Gasteiger partial charge >= 0.3 is 5.97 Å². The predicted octanol–water partition coefficient (Wildman–Crippen LogP) is 6.69. The number of ketones is 1. The van der Waals surface area contributed by atoms with E-state index in [2.05, 4.69) is 22.7 Å². The van der Waals surface area contributed by atoms with Crippen LogP contribution < -0.4 is 5.43 Å². The number of nitrogens with zero attached hydrogens (tertiary/aromatic N) is 2. The molecule has 0 fully saturated rings. The Hall–Kier alpha value is -2.33. The molecule has 0 saturated carbocycles. The van der Waals surface area contributed by atoms with Gasteiger partial charge in [-0.25, -0.2) is 4.79 Å². The first-order valence-electron chi connectivity index (χ1n) is 13.2. The summed E-state index contributed by atoms with van der Waals surface area (Å²) >= 11 is 0. The molecule has 0 bridgehead atoms. The van der Waals surface area contributed by atoms with E-state index in [-0.39, 0.29) is 23.7 Å². The molecule has 0 spiro atoms. The van der Waals surface area contributed by atoms with Crippen LogP contribution in [-0.2, 0) is 24.4 Å². The topological polar surface area (TPSA) is 134 Å². The molecule has 10 heteroatoms. The Morgan fingerprint density at radius 2 is 1.36 bits per heavy atom. The second kappa shape index (κ2) is 18.9. The van der Waals surface area contributed by atoms with E-state index in [1.807, 2.05) is 0 Å². The van der Waals surface area contributed by atoms with Gasteiger partial charge in [0.05, 0.1) is 17.2 Å². The zero-order valence-electron chi connectivity index (χ0n) is 21.8. The summed E-state index contributed by atoms with van der Waals surface area (Å²) in [7, 11) is -4.29. The highest BCUT2D eigenvalue weighted by atomic mass is 32.2. The Morgan fingerprint density at radius 3 is 1.83 bits per heavy atom. The summed E-state index contributed by atoms with van der Waals surface area (Å²) in [6.45, 7) is 4.01. The second-order valence-corrected chi connectivity index (χ2v) is 10.4. The number of nitrogens with one attached hydrogen (secondary N) is 1. The number of hydrogen-bond acceptors (Lipinski definition) is 7. The fraction of sp³-hybridized carbons (Fsp3) is 0.692. The molecule has 204 valence electrons. The molecule has 2 N–H and O–H groups in total. The van der Waals surface area contributed by atoms with Crippen LogP contribution in [0.25, 0.3) is 0 Å². The highest BCUT2D eigenvalue weighted by molar-refractivity contribution is 7.85. The quantitative estimate of drug-likeness (QED) is 0.0455. The monoisotopic (exact) mass is 525 g/mol. The molecular weight excluding hydrogens is 482 g/mol. The number of carbonyl (C=O) groups excluding carboxylic acids is 2. The van der Waals surface area contributed by atoms with Crippen molar-refractivity contribution in [2.75, 3.05) is 12.0 Å². The van der Waals surface area contributed by atoms with Crippen LogP contribution in [0.4, 0.5) is 5.69 Å². The number of rotatable bonds is 21. The van der Waals surface area contributed by atoms with E-state index in [1.54, 1.807) is 6.92 Å². The molecule has 0 aliphatic carbocycles. The number of hydrogen-bond donors (Lipinski definition) is 2. The maximum atomic E-state index is 12.6. The minimum absolute atomic E-state index is 0.126. The number of unbranched alkanes of at least 4 members (excludes halogenated alkanes) is 12. The molecule has 1 unspecified atom stereocenters. The molecule has 0 aromatic heterocycles. The van der Waals surface area contributed by atoms with Crippen LogP contribution in [0.5, 0.6) is 0 Å². The smallest absolute Gasteiger partial charge is 0.340 e. The zero-order valence-corrected chi connectivity index (χ0v) is 22.6. The largest absolute Gasteiger partial charge is 0.464 e. The molecular formula is C26H43N3O6S. The number of esters is 1. The van der Waals surface area contributed by atoms with Crippen molar-refractivity contribution in [3.63, 3.8) is 0 Å². The molecule has 0 aliphatic heterocycles. The van der Waals surface area contributed by atoms with Gasteiger partial charge in [-0.05, 0) is 37.6 Å². The Bertz CT molecular complexity index is 887. The van der Waals surface area contributed by atoms with Crippen LogP contribution in [0.2, 0.25) is 0 Å². The Balaban J connectivity index is 2.34. The van der Waals surface area contributed by atoms with Crippen LogP contribution in [-0.4, -0.2) is 37.4 Å². The summed E-state index contributed by atoms with van der Waals surface area (Å²) in [5.74, 6) is -1.09. The predicted molar refractivity (Wildman–Crippen MR) is 140 cm³/mol. The van der Waals surface area contributed by atoms with Crippen LogP contribution in [0.15, 0.2) is 39.5 Å². The fourth-order valence-corrected chi connectivity index (χ4v) is 4.24. The summed E-state index contributed by atoms with van der Waals surface area (Å²) in [5.41, 5.74) is 2.92.